The van der Waals surface area contributed by atoms with Crippen LogP contribution in [0.3, 0.4) is 0 Å². The zero-order chi connectivity index (χ0) is 22.6. The van der Waals surface area contributed by atoms with E-state index in [4.69, 9.17) is 9.53 Å². The molecule has 2 heterocycles. The number of fused-ring (bicyclic) bond motifs is 1. The quantitative estimate of drug-likeness (QED) is 0.660. The summed E-state index contributed by atoms with van der Waals surface area (Å²) in [5.41, 5.74) is 4.06. The molecule has 1 aromatic rings. The molecule has 6 heteroatoms. The Hall–Kier alpha value is -2.08. The molecule has 0 aromatic heterocycles. The minimum atomic E-state index is -0.420. The van der Waals surface area contributed by atoms with Crippen LogP contribution in [0, 0.1) is 5.92 Å². The molecule has 4 rings (SSSR count). The molecular weight excluding hydrogens is 392 g/mol. The first-order valence-electron chi connectivity index (χ1n) is 11.5. The van der Waals surface area contributed by atoms with Crippen LogP contribution in [0.25, 0.3) is 0 Å². The Kier molecular flexibility index (Phi) is 7.63. The number of amides is 1. The fraction of sp³-hybridized carbons (Fsp3) is 0.680. The van der Waals surface area contributed by atoms with Crippen LogP contribution >= 0.6 is 0 Å². The highest BCUT2D eigenvalue weighted by Crippen LogP contribution is 2.40. The van der Waals surface area contributed by atoms with Gasteiger partial charge in [-0.3, -0.25) is 9.69 Å². The van der Waals surface area contributed by atoms with Crippen molar-refractivity contribution in [2.45, 2.75) is 70.9 Å². The van der Waals surface area contributed by atoms with E-state index in [0.717, 1.165) is 19.0 Å². The number of aryl methyl sites for hydroxylation is 1. The maximum atomic E-state index is 12.1. The van der Waals surface area contributed by atoms with Gasteiger partial charge in [0, 0.05) is 25.0 Å². The Balaban J connectivity index is 0.000000628. The Morgan fingerprint density at radius 2 is 1.77 bits per heavy atom. The van der Waals surface area contributed by atoms with Gasteiger partial charge in [-0.1, -0.05) is 25.1 Å². The van der Waals surface area contributed by atoms with Crippen LogP contribution in [0.4, 0.5) is 4.79 Å². The zero-order valence-electron chi connectivity index (χ0n) is 19.7. The summed E-state index contributed by atoms with van der Waals surface area (Å²) >= 11 is 0. The highest BCUT2D eigenvalue weighted by Gasteiger charge is 2.36. The van der Waals surface area contributed by atoms with Gasteiger partial charge in [-0.2, -0.15) is 0 Å². The molecular formula is C25H38N2O4. The lowest BCUT2D eigenvalue weighted by atomic mass is 9.89. The molecule has 3 aliphatic rings. The van der Waals surface area contributed by atoms with Crippen molar-refractivity contribution >= 4 is 12.6 Å². The van der Waals surface area contributed by atoms with Crippen molar-refractivity contribution in [1.82, 2.24) is 9.80 Å². The normalized spacial score (nSPS) is 22.1. The highest BCUT2D eigenvalue weighted by molar-refractivity contribution is 5.69. The van der Waals surface area contributed by atoms with Crippen LogP contribution in [-0.4, -0.2) is 61.3 Å². The number of nitrogens with zero attached hydrogens (tertiary/aromatic N) is 2. The van der Waals surface area contributed by atoms with Crippen molar-refractivity contribution in [3.05, 3.63) is 34.9 Å². The zero-order valence-corrected chi connectivity index (χ0v) is 19.7. The summed E-state index contributed by atoms with van der Waals surface area (Å²) in [6, 6.07) is 7.72. The van der Waals surface area contributed by atoms with Gasteiger partial charge in [-0.25, -0.2) is 4.79 Å². The first-order chi connectivity index (χ1) is 14.7. The van der Waals surface area contributed by atoms with Crippen molar-refractivity contribution in [3.63, 3.8) is 0 Å². The summed E-state index contributed by atoms with van der Waals surface area (Å²) in [7, 11) is 1.31. The molecule has 1 aliphatic carbocycles. The van der Waals surface area contributed by atoms with E-state index in [1.54, 1.807) is 5.56 Å². The van der Waals surface area contributed by atoms with Gasteiger partial charge < -0.3 is 14.4 Å². The molecule has 2 fully saturated rings. The molecule has 1 atom stereocenters. The van der Waals surface area contributed by atoms with Crippen LogP contribution in [0.1, 0.15) is 75.6 Å². The number of methoxy groups -OCH3 is 1. The fourth-order valence-corrected chi connectivity index (χ4v) is 4.75. The molecule has 6 nitrogen and oxygen atoms in total. The van der Waals surface area contributed by atoms with Crippen molar-refractivity contribution in [2.24, 2.45) is 5.92 Å². The van der Waals surface area contributed by atoms with Gasteiger partial charge >= 0.3 is 6.09 Å². The maximum Gasteiger partial charge on any atom is 0.410 e. The lowest BCUT2D eigenvalue weighted by Crippen LogP contribution is -2.50. The number of hydrogen-bond donors (Lipinski definition) is 0. The number of hydrogen-bond acceptors (Lipinski definition) is 5. The van der Waals surface area contributed by atoms with E-state index in [1.165, 1.54) is 57.0 Å². The summed E-state index contributed by atoms with van der Waals surface area (Å²) in [5, 5.41) is 0. The van der Waals surface area contributed by atoms with Crippen LogP contribution in [0.15, 0.2) is 18.2 Å². The number of benzene rings is 1. The third-order valence-electron chi connectivity index (χ3n) is 6.57. The summed E-state index contributed by atoms with van der Waals surface area (Å²) in [5.74, 6) is 1.34. The SMILES string of the molecule is CC1CCN(C2CCc3cc(C4CN(C(=O)OC(C)(C)C)C4)ccc32)CC1.COC=O. The number of carbonyl (C=O) groups excluding carboxylic acids is 2. The Morgan fingerprint density at radius 1 is 1.13 bits per heavy atom. The summed E-state index contributed by atoms with van der Waals surface area (Å²) in [6.07, 6.45) is 4.96. The predicted octanol–water partition coefficient (Wildman–Crippen LogP) is 4.53. The number of likely N-dealkylation sites (tertiary alicyclic amines) is 2. The first-order valence-corrected chi connectivity index (χ1v) is 11.5. The van der Waals surface area contributed by atoms with E-state index in [1.807, 2.05) is 25.7 Å². The Bertz CT molecular complexity index is 759. The second-order valence-electron chi connectivity index (χ2n) is 10.1. The molecule has 0 saturated carbocycles. The smallest absolute Gasteiger partial charge is 0.410 e. The summed E-state index contributed by atoms with van der Waals surface area (Å²) < 4.78 is 9.33. The third kappa shape index (κ3) is 6.00. The fourth-order valence-electron chi connectivity index (χ4n) is 4.75. The Labute approximate surface area is 186 Å². The lowest BCUT2D eigenvalue weighted by molar-refractivity contribution is -0.126. The third-order valence-corrected chi connectivity index (χ3v) is 6.57. The molecule has 0 spiro atoms. The molecule has 0 radical (unpaired) electrons. The van der Waals surface area contributed by atoms with Gasteiger partial charge in [-0.15, -0.1) is 0 Å². The van der Waals surface area contributed by atoms with E-state index in [9.17, 15) is 4.79 Å². The molecule has 2 aliphatic heterocycles. The number of rotatable bonds is 3. The molecule has 2 saturated heterocycles. The maximum absolute atomic E-state index is 12.1. The van der Waals surface area contributed by atoms with Crippen molar-refractivity contribution in [3.8, 4) is 0 Å². The minimum absolute atomic E-state index is 0.181. The van der Waals surface area contributed by atoms with Crippen LogP contribution in [-0.2, 0) is 20.7 Å². The molecule has 172 valence electrons. The summed E-state index contributed by atoms with van der Waals surface area (Å²) in [6.45, 7) is 12.6. The Morgan fingerprint density at radius 3 is 2.35 bits per heavy atom. The van der Waals surface area contributed by atoms with E-state index in [0.29, 0.717) is 18.4 Å². The summed E-state index contributed by atoms with van der Waals surface area (Å²) in [4.78, 5) is 25.6. The molecule has 1 unspecified atom stereocenters. The predicted molar refractivity (Wildman–Crippen MR) is 121 cm³/mol. The van der Waals surface area contributed by atoms with Crippen molar-refractivity contribution in [2.75, 3.05) is 33.3 Å². The second kappa shape index (κ2) is 10.0. The average molecular weight is 431 g/mol. The molecule has 1 aromatic carbocycles. The minimum Gasteiger partial charge on any atom is -0.471 e. The van der Waals surface area contributed by atoms with E-state index in [2.05, 4.69) is 34.8 Å². The topological polar surface area (TPSA) is 59.1 Å². The second-order valence-corrected chi connectivity index (χ2v) is 10.1. The largest absolute Gasteiger partial charge is 0.471 e. The highest BCUT2D eigenvalue weighted by atomic mass is 16.6. The van der Waals surface area contributed by atoms with E-state index >= 15 is 0 Å². The molecule has 31 heavy (non-hydrogen) atoms. The van der Waals surface area contributed by atoms with Crippen molar-refractivity contribution < 1.29 is 19.1 Å². The van der Waals surface area contributed by atoms with E-state index in [-0.39, 0.29) is 6.09 Å². The van der Waals surface area contributed by atoms with Crippen LogP contribution in [0.5, 0.6) is 0 Å². The number of piperidine rings is 1. The van der Waals surface area contributed by atoms with Gasteiger partial charge in [0.1, 0.15) is 5.60 Å². The van der Waals surface area contributed by atoms with Crippen molar-refractivity contribution in [1.29, 1.82) is 0 Å². The van der Waals surface area contributed by atoms with Crippen LogP contribution < -0.4 is 0 Å². The monoisotopic (exact) mass is 430 g/mol. The lowest BCUT2D eigenvalue weighted by Gasteiger charge is -2.40. The molecule has 0 N–H and O–H groups in total. The van der Waals surface area contributed by atoms with E-state index < -0.39 is 5.60 Å². The standard InChI is InChI=1S/C23H34N2O2.C2H4O2/c1-16-9-11-24(12-10-16)21-8-6-18-13-17(5-7-20(18)21)19-14-25(15-19)22(26)27-23(2,3)4;1-4-2-3/h5,7,13,16,19,21H,6,8-12,14-15H2,1-4H3;2H,1H3. The first kappa shape index (κ1) is 23.6. The number of ether oxygens (including phenoxy) is 2. The number of carbonyl (C=O) groups is 2. The average Bonchev–Trinajstić information content (AvgIpc) is 3.09. The van der Waals surface area contributed by atoms with Crippen LogP contribution in [0.2, 0.25) is 0 Å². The van der Waals surface area contributed by atoms with Gasteiger partial charge in [-0.05, 0) is 82.2 Å². The molecule has 0 bridgehead atoms. The van der Waals surface area contributed by atoms with Gasteiger partial charge in [0.15, 0.2) is 0 Å². The van der Waals surface area contributed by atoms with Gasteiger partial charge in [0.2, 0.25) is 0 Å². The van der Waals surface area contributed by atoms with Gasteiger partial charge in [0.05, 0.1) is 7.11 Å². The molecule has 1 amide bonds. The van der Waals surface area contributed by atoms with Gasteiger partial charge in [0.25, 0.3) is 6.47 Å².